The number of nitrogens with zero attached hydrogens (tertiary/aromatic N) is 3. The van der Waals surface area contributed by atoms with Crippen molar-refractivity contribution in [2.24, 2.45) is 13.0 Å². The first kappa shape index (κ1) is 31.0. The summed E-state index contributed by atoms with van der Waals surface area (Å²) in [5, 5.41) is 2.05. The predicted molar refractivity (Wildman–Crippen MR) is 189 cm³/mol. The fourth-order valence-electron chi connectivity index (χ4n) is 7.19. The molecule has 8 nitrogen and oxygen atoms in total. The molecule has 1 aliphatic heterocycles. The molecule has 0 radical (unpaired) electrons. The second-order valence-corrected chi connectivity index (χ2v) is 13.1. The van der Waals surface area contributed by atoms with E-state index in [0.717, 1.165) is 49.8 Å². The van der Waals surface area contributed by atoms with Crippen molar-refractivity contribution in [2.45, 2.75) is 45.8 Å². The summed E-state index contributed by atoms with van der Waals surface area (Å²) in [6.07, 6.45) is 2.26. The first-order chi connectivity index (χ1) is 23.2. The van der Waals surface area contributed by atoms with E-state index in [2.05, 4.69) is 65.8 Å². The van der Waals surface area contributed by atoms with Crippen LogP contribution in [-0.2, 0) is 23.2 Å². The largest absolute Gasteiger partial charge is 0.343 e. The fourth-order valence-corrected chi connectivity index (χ4v) is 7.19. The summed E-state index contributed by atoms with van der Waals surface area (Å²) in [6, 6.07) is 32.7. The maximum Gasteiger partial charge on any atom is 0.261 e. The number of nitrogens with one attached hydrogen (secondary N) is 2. The Hall–Kier alpha value is -5.63. The monoisotopic (exact) mass is 637 g/mol. The van der Waals surface area contributed by atoms with E-state index in [4.69, 9.17) is 0 Å². The maximum absolute atomic E-state index is 14.5. The van der Waals surface area contributed by atoms with E-state index >= 15 is 0 Å². The number of hydrogen-bond acceptors (Lipinski definition) is 3. The van der Waals surface area contributed by atoms with Gasteiger partial charge in [-0.1, -0.05) is 98.3 Å². The number of amides is 3. The number of aromatic nitrogens is 2. The average molecular weight is 638 g/mol. The van der Waals surface area contributed by atoms with Crippen LogP contribution in [0.2, 0.25) is 0 Å². The Bertz CT molecular complexity index is 2170. The number of rotatable bonds is 8. The SMILES string of the molecule is Cc1ccc(-c2c(C3c4ccccc4C(=O)N3C(CC(C)C)C(=O)NNC(=O)Cn3ccc4ccccc43)c3ccccc3n2C)cc1. The highest BCUT2D eigenvalue weighted by atomic mass is 16.2. The number of hydrogen-bond donors (Lipinski definition) is 2. The third-order valence-electron chi connectivity index (χ3n) is 9.40. The second kappa shape index (κ2) is 12.5. The van der Waals surface area contributed by atoms with Crippen molar-refractivity contribution >= 4 is 39.5 Å². The molecule has 0 saturated heterocycles. The summed E-state index contributed by atoms with van der Waals surface area (Å²) >= 11 is 0. The van der Waals surface area contributed by atoms with Crippen LogP contribution < -0.4 is 10.9 Å². The molecule has 8 heteroatoms. The molecule has 0 spiro atoms. The van der Waals surface area contributed by atoms with E-state index in [1.807, 2.05) is 91.3 Å². The van der Waals surface area contributed by atoms with Gasteiger partial charge in [-0.3, -0.25) is 25.2 Å². The van der Waals surface area contributed by atoms with Crippen LogP contribution in [0.1, 0.15) is 53.4 Å². The van der Waals surface area contributed by atoms with Crippen LogP contribution in [0.5, 0.6) is 0 Å². The molecule has 2 N–H and O–H groups in total. The molecular formula is C40H39N5O3. The summed E-state index contributed by atoms with van der Waals surface area (Å²) in [6.45, 7) is 6.17. The first-order valence-electron chi connectivity index (χ1n) is 16.4. The lowest BCUT2D eigenvalue weighted by atomic mass is 9.91. The lowest BCUT2D eigenvalue weighted by molar-refractivity contribution is -0.132. The number of aryl methyl sites for hydroxylation is 2. The molecule has 242 valence electrons. The Kier molecular flexibility index (Phi) is 8.09. The smallest absolute Gasteiger partial charge is 0.261 e. The van der Waals surface area contributed by atoms with E-state index in [1.54, 1.807) is 4.90 Å². The molecular weight excluding hydrogens is 598 g/mol. The van der Waals surface area contributed by atoms with E-state index in [-0.39, 0.29) is 24.3 Å². The van der Waals surface area contributed by atoms with Gasteiger partial charge in [0, 0.05) is 40.8 Å². The van der Waals surface area contributed by atoms with E-state index in [0.29, 0.717) is 12.0 Å². The lowest BCUT2D eigenvalue weighted by Gasteiger charge is -2.34. The highest BCUT2D eigenvalue weighted by molar-refractivity contribution is 6.04. The van der Waals surface area contributed by atoms with Gasteiger partial charge in [0.1, 0.15) is 12.6 Å². The van der Waals surface area contributed by atoms with Crippen LogP contribution in [-0.4, -0.2) is 37.8 Å². The standard InChI is InChI=1S/C40H39N5O3/c1-25(2)23-34(39(47)42-41-35(46)24-44-22-21-27-11-5-9-15-32(27)44)45-38(29-12-6-7-13-30(29)40(45)48)36-31-14-8-10-16-33(31)43(4)37(36)28-19-17-26(3)18-20-28/h5-22,25,34,38H,23-24H2,1-4H3,(H,41,46)(H,42,47). The normalized spacial score (nSPS) is 14.9. The van der Waals surface area contributed by atoms with Crippen molar-refractivity contribution in [2.75, 3.05) is 0 Å². The van der Waals surface area contributed by atoms with Crippen LogP contribution in [0.4, 0.5) is 0 Å². The number of fused-ring (bicyclic) bond motifs is 3. The fraction of sp³-hybridized carbons (Fsp3) is 0.225. The molecule has 3 heterocycles. The second-order valence-electron chi connectivity index (χ2n) is 13.1. The minimum absolute atomic E-state index is 0.0370. The van der Waals surface area contributed by atoms with Crippen molar-refractivity contribution in [3.05, 3.63) is 132 Å². The zero-order valence-corrected chi connectivity index (χ0v) is 27.6. The summed E-state index contributed by atoms with van der Waals surface area (Å²) in [5.74, 6) is -0.915. The minimum Gasteiger partial charge on any atom is -0.343 e. The van der Waals surface area contributed by atoms with Crippen LogP contribution in [0.15, 0.2) is 109 Å². The molecule has 0 bridgehead atoms. The van der Waals surface area contributed by atoms with Crippen molar-refractivity contribution < 1.29 is 14.4 Å². The van der Waals surface area contributed by atoms with Gasteiger partial charge >= 0.3 is 0 Å². The zero-order valence-electron chi connectivity index (χ0n) is 27.6. The Morgan fingerprint density at radius 3 is 2.27 bits per heavy atom. The number of hydrazine groups is 1. The number of carbonyl (C=O) groups excluding carboxylic acids is 3. The topological polar surface area (TPSA) is 88.4 Å². The van der Waals surface area contributed by atoms with Crippen LogP contribution in [0.25, 0.3) is 33.1 Å². The van der Waals surface area contributed by atoms with Crippen molar-refractivity contribution in [1.29, 1.82) is 0 Å². The molecule has 2 atom stereocenters. The zero-order chi connectivity index (χ0) is 33.5. The molecule has 3 amide bonds. The summed E-state index contributed by atoms with van der Waals surface area (Å²) in [4.78, 5) is 43.5. The first-order valence-corrected chi connectivity index (χ1v) is 16.4. The molecule has 7 rings (SSSR count). The average Bonchev–Trinajstić information content (AvgIpc) is 3.72. The van der Waals surface area contributed by atoms with Crippen molar-refractivity contribution in [1.82, 2.24) is 24.9 Å². The maximum atomic E-state index is 14.5. The third-order valence-corrected chi connectivity index (χ3v) is 9.40. The van der Waals surface area contributed by atoms with Gasteiger partial charge < -0.3 is 14.0 Å². The van der Waals surface area contributed by atoms with Gasteiger partial charge in [-0.15, -0.1) is 0 Å². The number of para-hydroxylation sites is 2. The minimum atomic E-state index is -0.854. The van der Waals surface area contributed by atoms with E-state index in [1.165, 1.54) is 0 Å². The highest BCUT2D eigenvalue weighted by Gasteiger charge is 2.46. The molecule has 6 aromatic rings. The van der Waals surface area contributed by atoms with E-state index < -0.39 is 18.0 Å². The Labute approximate surface area is 279 Å². The third kappa shape index (κ3) is 5.43. The molecule has 2 unspecified atom stereocenters. The highest BCUT2D eigenvalue weighted by Crippen LogP contribution is 2.47. The molecule has 4 aromatic carbocycles. The lowest BCUT2D eigenvalue weighted by Crippen LogP contribution is -2.54. The Balaban J connectivity index is 1.28. The molecule has 2 aromatic heterocycles. The molecule has 0 aliphatic carbocycles. The van der Waals surface area contributed by atoms with Gasteiger partial charge in [-0.25, -0.2) is 0 Å². The quantitative estimate of drug-likeness (QED) is 0.178. The molecule has 0 fully saturated rings. The number of carbonyl (C=O) groups is 3. The van der Waals surface area contributed by atoms with Crippen LogP contribution in [0.3, 0.4) is 0 Å². The van der Waals surface area contributed by atoms with Gasteiger partial charge in [0.25, 0.3) is 17.7 Å². The van der Waals surface area contributed by atoms with E-state index in [9.17, 15) is 14.4 Å². The molecule has 48 heavy (non-hydrogen) atoms. The van der Waals surface area contributed by atoms with Crippen LogP contribution in [0, 0.1) is 12.8 Å². The van der Waals surface area contributed by atoms with Crippen LogP contribution >= 0.6 is 0 Å². The predicted octanol–water partition coefficient (Wildman–Crippen LogP) is 6.92. The Morgan fingerprint density at radius 1 is 0.812 bits per heavy atom. The molecule has 0 saturated carbocycles. The molecule has 1 aliphatic rings. The van der Waals surface area contributed by atoms with Crippen molar-refractivity contribution in [3.63, 3.8) is 0 Å². The van der Waals surface area contributed by atoms with Gasteiger partial charge in [0.05, 0.1) is 11.7 Å². The summed E-state index contributed by atoms with van der Waals surface area (Å²) < 4.78 is 4.02. The van der Waals surface area contributed by atoms with Gasteiger partial charge in [0.15, 0.2) is 0 Å². The van der Waals surface area contributed by atoms with Gasteiger partial charge in [-0.2, -0.15) is 0 Å². The summed E-state index contributed by atoms with van der Waals surface area (Å²) in [5.41, 5.74) is 12.9. The Morgan fingerprint density at radius 2 is 1.50 bits per heavy atom. The number of benzene rings is 4. The van der Waals surface area contributed by atoms with Crippen molar-refractivity contribution in [3.8, 4) is 11.3 Å². The summed E-state index contributed by atoms with van der Waals surface area (Å²) in [7, 11) is 2.05. The van der Waals surface area contributed by atoms with Gasteiger partial charge in [-0.05, 0) is 60.0 Å². The van der Waals surface area contributed by atoms with Gasteiger partial charge in [0.2, 0.25) is 0 Å².